The summed E-state index contributed by atoms with van der Waals surface area (Å²) in [5.74, 6) is 1.89. The van der Waals surface area contributed by atoms with Crippen LogP contribution in [0.15, 0.2) is 41.5 Å². The molecule has 3 aliphatic heterocycles. The second-order valence-electron chi connectivity index (χ2n) is 9.19. The number of phenols is 1. The minimum atomic E-state index is -0.501. The third-order valence-corrected chi connectivity index (χ3v) is 6.98. The normalized spacial score (nSPS) is 22.2. The van der Waals surface area contributed by atoms with Crippen LogP contribution in [0.2, 0.25) is 0 Å². The number of phenolic OH excluding ortho intramolecular Hbond substituents is 1. The molecule has 3 heterocycles. The second kappa shape index (κ2) is 7.45. The summed E-state index contributed by atoms with van der Waals surface area (Å²) in [7, 11) is 1.70. The molecule has 0 radical (unpaired) electrons. The zero-order valence-corrected chi connectivity index (χ0v) is 18.8. The van der Waals surface area contributed by atoms with Gasteiger partial charge in [-0.25, -0.2) is 5.01 Å². The summed E-state index contributed by atoms with van der Waals surface area (Å²) in [6.45, 7) is 8.46. The molecule has 2 aromatic rings. The van der Waals surface area contributed by atoms with Crippen molar-refractivity contribution in [2.24, 2.45) is 5.10 Å². The summed E-state index contributed by atoms with van der Waals surface area (Å²) in [5.41, 5.74) is 3.43. The maximum Gasteiger partial charge on any atom is 0.200 e. The highest BCUT2D eigenvalue weighted by molar-refractivity contribution is 6.04. The maximum atomic E-state index is 10.5. The molecular weight excluding hydrogens is 390 g/mol. The first-order valence-electron chi connectivity index (χ1n) is 11.2. The Labute approximate surface area is 184 Å². The molecule has 0 saturated carbocycles. The lowest BCUT2D eigenvalue weighted by molar-refractivity contribution is -0.153. The van der Waals surface area contributed by atoms with Gasteiger partial charge in [-0.2, -0.15) is 5.10 Å². The molecule has 5 rings (SSSR count). The quantitative estimate of drug-likeness (QED) is 0.793. The van der Waals surface area contributed by atoms with E-state index in [0.717, 1.165) is 66.3 Å². The average Bonchev–Trinajstić information content (AvgIpc) is 3.22. The Morgan fingerprint density at radius 2 is 1.97 bits per heavy atom. The number of methoxy groups -OCH3 is 1. The van der Waals surface area contributed by atoms with Gasteiger partial charge >= 0.3 is 0 Å². The summed E-state index contributed by atoms with van der Waals surface area (Å²) in [6.07, 6.45) is 2.47. The molecule has 164 valence electrons. The topological polar surface area (TPSA) is 57.5 Å². The van der Waals surface area contributed by atoms with Crippen LogP contribution in [0.4, 0.5) is 0 Å². The van der Waals surface area contributed by atoms with E-state index in [1.54, 1.807) is 13.2 Å². The van der Waals surface area contributed by atoms with Crippen LogP contribution in [0.25, 0.3) is 0 Å². The van der Waals surface area contributed by atoms with Crippen LogP contribution in [0.1, 0.15) is 55.8 Å². The van der Waals surface area contributed by atoms with Gasteiger partial charge in [-0.15, -0.1) is 0 Å². The summed E-state index contributed by atoms with van der Waals surface area (Å²) < 4.78 is 12.4. The summed E-state index contributed by atoms with van der Waals surface area (Å²) in [5, 5.41) is 17.8. The summed E-state index contributed by atoms with van der Waals surface area (Å²) in [6, 6.07) is 12.4. The number of ether oxygens (including phenoxy) is 2. The van der Waals surface area contributed by atoms with Gasteiger partial charge in [0, 0.05) is 49.5 Å². The largest absolute Gasteiger partial charge is 0.507 e. The van der Waals surface area contributed by atoms with Crippen molar-refractivity contribution in [1.29, 1.82) is 0 Å². The van der Waals surface area contributed by atoms with Crippen molar-refractivity contribution in [2.75, 3.05) is 20.2 Å². The number of fused-ring (bicyclic) bond motifs is 4. The number of hydrazone groups is 1. The van der Waals surface area contributed by atoms with Crippen molar-refractivity contribution < 1.29 is 14.6 Å². The number of para-hydroxylation sites is 1. The molecule has 1 saturated heterocycles. The lowest BCUT2D eigenvalue weighted by atomic mass is 9.90. The molecule has 0 unspecified atom stereocenters. The van der Waals surface area contributed by atoms with Crippen LogP contribution in [-0.4, -0.2) is 52.7 Å². The first-order chi connectivity index (χ1) is 14.9. The van der Waals surface area contributed by atoms with Gasteiger partial charge < -0.3 is 19.5 Å². The van der Waals surface area contributed by atoms with Crippen molar-refractivity contribution in [3.05, 3.63) is 53.1 Å². The van der Waals surface area contributed by atoms with E-state index in [4.69, 9.17) is 14.6 Å². The van der Waals surface area contributed by atoms with Gasteiger partial charge in [-0.1, -0.05) is 23.8 Å². The van der Waals surface area contributed by atoms with Crippen LogP contribution >= 0.6 is 0 Å². The van der Waals surface area contributed by atoms with Gasteiger partial charge in [0.15, 0.2) is 11.5 Å². The Morgan fingerprint density at radius 3 is 2.68 bits per heavy atom. The van der Waals surface area contributed by atoms with Gasteiger partial charge in [0.2, 0.25) is 5.72 Å². The van der Waals surface area contributed by atoms with Crippen molar-refractivity contribution in [3.8, 4) is 17.2 Å². The third-order valence-electron chi connectivity index (χ3n) is 6.98. The molecule has 1 spiro atoms. The highest BCUT2D eigenvalue weighted by Gasteiger charge is 2.52. The first-order valence-corrected chi connectivity index (χ1v) is 11.2. The summed E-state index contributed by atoms with van der Waals surface area (Å²) >= 11 is 0. The van der Waals surface area contributed by atoms with E-state index < -0.39 is 5.72 Å². The first kappa shape index (κ1) is 20.2. The number of rotatable bonds is 3. The van der Waals surface area contributed by atoms with Gasteiger partial charge in [0.1, 0.15) is 5.75 Å². The van der Waals surface area contributed by atoms with Crippen LogP contribution < -0.4 is 9.47 Å². The van der Waals surface area contributed by atoms with Crippen LogP contribution in [0.3, 0.4) is 0 Å². The predicted molar refractivity (Wildman–Crippen MR) is 121 cm³/mol. The zero-order chi connectivity index (χ0) is 21.8. The number of hydrogen-bond donors (Lipinski definition) is 1. The molecule has 0 amide bonds. The van der Waals surface area contributed by atoms with Crippen molar-refractivity contribution >= 4 is 5.71 Å². The number of nitrogens with zero attached hydrogens (tertiary/aromatic N) is 3. The fourth-order valence-electron chi connectivity index (χ4n) is 5.19. The second-order valence-corrected chi connectivity index (χ2v) is 9.19. The Morgan fingerprint density at radius 1 is 1.19 bits per heavy atom. The van der Waals surface area contributed by atoms with Crippen molar-refractivity contribution in [2.45, 2.75) is 57.8 Å². The number of aromatic hydroxyl groups is 1. The Kier molecular flexibility index (Phi) is 4.85. The van der Waals surface area contributed by atoms with Crippen LogP contribution in [0.5, 0.6) is 17.2 Å². The Balaban J connectivity index is 1.59. The molecule has 31 heavy (non-hydrogen) atoms. The Hall–Kier alpha value is -2.73. The molecule has 1 N–H and O–H groups in total. The number of piperidine rings is 1. The molecule has 6 heteroatoms. The highest BCUT2D eigenvalue weighted by atomic mass is 16.5. The molecule has 1 fully saturated rings. The van der Waals surface area contributed by atoms with E-state index in [1.807, 2.05) is 31.2 Å². The molecule has 0 aliphatic carbocycles. The number of benzene rings is 2. The smallest absolute Gasteiger partial charge is 0.200 e. The fraction of sp³-hybridized carbons (Fsp3) is 0.480. The summed E-state index contributed by atoms with van der Waals surface area (Å²) in [4.78, 5) is 2.49. The molecule has 2 aromatic carbocycles. The van der Waals surface area contributed by atoms with E-state index in [2.05, 4.69) is 29.8 Å². The highest BCUT2D eigenvalue weighted by Crippen LogP contribution is 2.53. The van der Waals surface area contributed by atoms with Gasteiger partial charge in [-0.05, 0) is 39.0 Å². The average molecular weight is 422 g/mol. The maximum absolute atomic E-state index is 10.5. The van der Waals surface area contributed by atoms with Gasteiger partial charge in [0.25, 0.3) is 0 Å². The molecule has 1 atom stereocenters. The standard InChI is InChI=1S/C25H31N3O3/c1-16(2)27-12-10-25(11-13-27)28-21(18-6-5-7-23(30-4)24(18)31-25)15-20(26-28)19-14-17(3)8-9-22(19)29/h5-9,14,16,21,29H,10-13,15H2,1-4H3/t21-/m0/s1. The number of aryl methyl sites for hydroxylation is 1. The molecule has 3 aliphatic rings. The van der Waals surface area contributed by atoms with E-state index in [0.29, 0.717) is 6.04 Å². The third kappa shape index (κ3) is 3.24. The van der Waals surface area contributed by atoms with E-state index in [1.165, 1.54) is 0 Å². The van der Waals surface area contributed by atoms with E-state index in [-0.39, 0.29) is 11.8 Å². The predicted octanol–water partition coefficient (Wildman–Crippen LogP) is 4.45. The number of likely N-dealkylation sites (tertiary alicyclic amines) is 1. The van der Waals surface area contributed by atoms with Gasteiger partial charge in [0.05, 0.1) is 18.9 Å². The Bertz CT molecular complexity index is 1020. The van der Waals surface area contributed by atoms with E-state index in [9.17, 15) is 5.11 Å². The lowest BCUT2D eigenvalue weighted by Crippen LogP contribution is -2.59. The van der Waals surface area contributed by atoms with Crippen molar-refractivity contribution in [3.63, 3.8) is 0 Å². The molecule has 0 aromatic heterocycles. The molecule has 0 bridgehead atoms. The fourth-order valence-corrected chi connectivity index (χ4v) is 5.19. The van der Waals surface area contributed by atoms with Gasteiger partial charge in [-0.3, -0.25) is 0 Å². The minimum Gasteiger partial charge on any atom is -0.507 e. The van der Waals surface area contributed by atoms with E-state index >= 15 is 0 Å². The zero-order valence-electron chi connectivity index (χ0n) is 18.8. The lowest BCUT2D eigenvalue weighted by Gasteiger charge is -2.51. The number of hydrogen-bond acceptors (Lipinski definition) is 6. The SMILES string of the molecule is COc1cccc2c1OC1(CCN(C(C)C)CC1)N1N=C(c3cc(C)ccc3O)C[C@@H]21. The molecule has 6 nitrogen and oxygen atoms in total. The van der Waals surface area contributed by atoms with Crippen LogP contribution in [-0.2, 0) is 0 Å². The van der Waals surface area contributed by atoms with Crippen molar-refractivity contribution in [1.82, 2.24) is 9.91 Å². The monoisotopic (exact) mass is 421 g/mol. The minimum absolute atomic E-state index is 0.0689. The molecular formula is C25H31N3O3. The van der Waals surface area contributed by atoms with Crippen LogP contribution in [0, 0.1) is 6.92 Å².